The van der Waals surface area contributed by atoms with Crippen LogP contribution < -0.4 is 4.74 Å². The zero-order valence-electron chi connectivity index (χ0n) is 11.4. The lowest BCUT2D eigenvalue weighted by Crippen LogP contribution is -2.17. The summed E-state index contributed by atoms with van der Waals surface area (Å²) >= 11 is 1.29. The van der Waals surface area contributed by atoms with Crippen LogP contribution in [0.4, 0.5) is 17.6 Å². The van der Waals surface area contributed by atoms with Gasteiger partial charge in [-0.2, -0.15) is 0 Å². The van der Waals surface area contributed by atoms with Gasteiger partial charge in [0.2, 0.25) is 0 Å². The number of aldehydes is 1. The van der Waals surface area contributed by atoms with Crippen molar-refractivity contribution in [2.45, 2.75) is 6.36 Å². The minimum atomic E-state index is -4.85. The van der Waals surface area contributed by atoms with E-state index < -0.39 is 17.9 Å². The number of ether oxygens (including phenoxy) is 1. The summed E-state index contributed by atoms with van der Waals surface area (Å²) in [7, 11) is 0. The Kier molecular flexibility index (Phi) is 3.81. The summed E-state index contributed by atoms with van der Waals surface area (Å²) in [5.41, 5.74) is 0.459. The van der Waals surface area contributed by atoms with Crippen molar-refractivity contribution in [3.8, 4) is 16.2 Å². The van der Waals surface area contributed by atoms with Crippen LogP contribution in [0.2, 0.25) is 0 Å². The van der Waals surface area contributed by atoms with E-state index in [2.05, 4.69) is 4.74 Å². The molecule has 2 aromatic carbocycles. The summed E-state index contributed by atoms with van der Waals surface area (Å²) in [6.45, 7) is 0. The van der Waals surface area contributed by atoms with Crippen LogP contribution in [-0.2, 0) is 0 Å². The first-order chi connectivity index (χ1) is 10.8. The molecule has 0 aliphatic heterocycles. The second-order valence-electron chi connectivity index (χ2n) is 4.75. The number of rotatable bonds is 3. The highest BCUT2D eigenvalue weighted by molar-refractivity contribution is 7.22. The molecule has 3 rings (SSSR count). The molecule has 0 aliphatic carbocycles. The summed E-state index contributed by atoms with van der Waals surface area (Å²) in [6, 6.07) is 9.56. The number of thiophene rings is 1. The summed E-state index contributed by atoms with van der Waals surface area (Å²) in [4.78, 5) is 11.6. The van der Waals surface area contributed by atoms with Gasteiger partial charge in [0.25, 0.3) is 0 Å². The maximum Gasteiger partial charge on any atom is 0.573 e. The minimum Gasteiger partial charge on any atom is -0.406 e. The third-order valence-electron chi connectivity index (χ3n) is 3.06. The molecule has 2 nitrogen and oxygen atoms in total. The topological polar surface area (TPSA) is 26.3 Å². The Balaban J connectivity index is 2.09. The third-order valence-corrected chi connectivity index (χ3v) is 4.23. The first-order valence-corrected chi connectivity index (χ1v) is 7.21. The van der Waals surface area contributed by atoms with Crippen LogP contribution in [0.15, 0.2) is 42.5 Å². The van der Waals surface area contributed by atoms with Crippen molar-refractivity contribution in [2.75, 3.05) is 0 Å². The van der Waals surface area contributed by atoms with Gasteiger partial charge in [0.05, 0.1) is 0 Å². The average molecular weight is 340 g/mol. The molecule has 1 aromatic heterocycles. The zero-order valence-corrected chi connectivity index (χ0v) is 12.2. The van der Waals surface area contributed by atoms with E-state index in [1.807, 2.05) is 0 Å². The monoisotopic (exact) mass is 340 g/mol. The van der Waals surface area contributed by atoms with E-state index in [0.717, 1.165) is 10.8 Å². The van der Waals surface area contributed by atoms with Crippen molar-refractivity contribution in [3.63, 3.8) is 0 Å². The summed E-state index contributed by atoms with van der Waals surface area (Å²) in [5.74, 6) is -0.870. The van der Waals surface area contributed by atoms with Gasteiger partial charge in [-0.25, -0.2) is 4.39 Å². The van der Waals surface area contributed by atoms with E-state index in [1.165, 1.54) is 35.6 Å². The van der Waals surface area contributed by atoms with Gasteiger partial charge in [0.15, 0.2) is 0 Å². The van der Waals surface area contributed by atoms with E-state index in [9.17, 15) is 22.4 Å². The van der Waals surface area contributed by atoms with Crippen molar-refractivity contribution < 1.29 is 27.1 Å². The Morgan fingerprint density at radius 3 is 2.52 bits per heavy atom. The Morgan fingerprint density at radius 1 is 1.04 bits per heavy atom. The molecule has 0 aliphatic rings. The number of hydrogen-bond donors (Lipinski definition) is 0. The van der Waals surface area contributed by atoms with Gasteiger partial charge in [0.1, 0.15) is 17.9 Å². The molecule has 0 spiro atoms. The molecule has 23 heavy (non-hydrogen) atoms. The lowest BCUT2D eigenvalue weighted by molar-refractivity contribution is -0.274. The quantitative estimate of drug-likeness (QED) is 0.470. The minimum absolute atomic E-state index is 0.0605. The maximum absolute atomic E-state index is 13.2. The molecule has 0 atom stereocenters. The van der Waals surface area contributed by atoms with E-state index in [0.29, 0.717) is 22.1 Å². The summed E-state index contributed by atoms with van der Waals surface area (Å²) < 4.78 is 55.0. The molecule has 3 aromatic rings. The van der Waals surface area contributed by atoms with Gasteiger partial charge >= 0.3 is 6.36 Å². The number of hydrogen-bond acceptors (Lipinski definition) is 3. The van der Waals surface area contributed by atoms with E-state index in [4.69, 9.17) is 0 Å². The fourth-order valence-corrected chi connectivity index (χ4v) is 3.21. The molecule has 0 amide bonds. The van der Waals surface area contributed by atoms with E-state index >= 15 is 0 Å². The highest BCUT2D eigenvalue weighted by Gasteiger charge is 2.31. The maximum atomic E-state index is 13.2. The molecule has 0 saturated heterocycles. The van der Waals surface area contributed by atoms with Crippen LogP contribution in [0.5, 0.6) is 5.75 Å². The van der Waals surface area contributed by atoms with Gasteiger partial charge in [-0.3, -0.25) is 4.79 Å². The predicted octanol–water partition coefficient (Wildman–Crippen LogP) is 5.42. The fourth-order valence-electron chi connectivity index (χ4n) is 2.18. The smallest absolute Gasteiger partial charge is 0.406 e. The average Bonchev–Trinajstić information content (AvgIpc) is 2.88. The van der Waals surface area contributed by atoms with Crippen LogP contribution in [0.3, 0.4) is 0 Å². The number of halogens is 4. The van der Waals surface area contributed by atoms with Gasteiger partial charge in [0, 0.05) is 15.1 Å². The van der Waals surface area contributed by atoms with Gasteiger partial charge in [-0.15, -0.1) is 24.5 Å². The number of benzene rings is 2. The number of carbonyl (C=O) groups is 1. The van der Waals surface area contributed by atoms with Crippen LogP contribution in [0.1, 0.15) is 10.4 Å². The van der Waals surface area contributed by atoms with Crippen molar-refractivity contribution in [3.05, 3.63) is 53.8 Å². The SMILES string of the molecule is O=Cc1cc(OC(F)(F)F)cc(-c2cc3cc(F)ccc3s2)c1. The van der Waals surface area contributed by atoms with Crippen LogP contribution in [0.25, 0.3) is 20.5 Å². The molecule has 118 valence electrons. The highest BCUT2D eigenvalue weighted by Crippen LogP contribution is 2.36. The van der Waals surface area contributed by atoms with E-state index in [-0.39, 0.29) is 5.56 Å². The Labute approximate surface area is 131 Å². The first-order valence-electron chi connectivity index (χ1n) is 6.39. The molecule has 0 N–H and O–H groups in total. The number of fused-ring (bicyclic) bond motifs is 1. The molecule has 1 heterocycles. The molecule has 0 unspecified atom stereocenters. The molecule has 0 saturated carbocycles. The Hall–Kier alpha value is -2.41. The molecular formula is C16H8F4O2S. The molecule has 0 fully saturated rings. The second kappa shape index (κ2) is 5.66. The lowest BCUT2D eigenvalue weighted by Gasteiger charge is -2.10. The van der Waals surface area contributed by atoms with Crippen molar-refractivity contribution in [2.24, 2.45) is 0 Å². The predicted molar refractivity (Wildman–Crippen MR) is 79.3 cm³/mol. The van der Waals surface area contributed by atoms with Crippen LogP contribution in [-0.4, -0.2) is 12.6 Å². The van der Waals surface area contributed by atoms with Crippen LogP contribution in [0, 0.1) is 5.82 Å². The molecule has 0 radical (unpaired) electrons. The van der Waals surface area contributed by atoms with Crippen molar-refractivity contribution in [1.29, 1.82) is 0 Å². The summed E-state index contributed by atoms with van der Waals surface area (Å²) in [6.07, 6.45) is -4.40. The van der Waals surface area contributed by atoms with Crippen molar-refractivity contribution in [1.82, 2.24) is 0 Å². The third kappa shape index (κ3) is 3.50. The zero-order chi connectivity index (χ0) is 16.6. The van der Waals surface area contributed by atoms with Gasteiger partial charge in [-0.1, -0.05) is 0 Å². The van der Waals surface area contributed by atoms with Gasteiger partial charge < -0.3 is 4.74 Å². The molecule has 0 bridgehead atoms. The normalized spacial score (nSPS) is 11.7. The molecular weight excluding hydrogens is 332 g/mol. The second-order valence-corrected chi connectivity index (χ2v) is 5.83. The lowest BCUT2D eigenvalue weighted by atomic mass is 10.1. The Morgan fingerprint density at radius 2 is 1.83 bits per heavy atom. The highest BCUT2D eigenvalue weighted by atomic mass is 32.1. The van der Waals surface area contributed by atoms with Crippen molar-refractivity contribution >= 4 is 27.7 Å². The number of alkyl halides is 3. The summed E-state index contributed by atoms with van der Waals surface area (Å²) in [5, 5.41) is 0.639. The van der Waals surface area contributed by atoms with E-state index in [1.54, 1.807) is 12.1 Å². The fraction of sp³-hybridized carbons (Fsp3) is 0.0625. The molecule has 7 heteroatoms. The standard InChI is InChI=1S/C16H8F4O2S/c17-12-1-2-14-11(5-12)7-15(23-14)10-3-9(8-21)4-13(6-10)22-16(18,19)20/h1-8H. The largest absolute Gasteiger partial charge is 0.573 e. The van der Waals surface area contributed by atoms with Crippen LogP contribution >= 0.6 is 11.3 Å². The number of carbonyl (C=O) groups excluding carboxylic acids is 1. The Bertz CT molecular complexity index is 883. The first kappa shape index (κ1) is 15.5. The van der Waals surface area contributed by atoms with Gasteiger partial charge in [-0.05, 0) is 53.4 Å².